The number of aromatic nitrogens is 1. The van der Waals surface area contributed by atoms with Crippen LogP contribution in [0.3, 0.4) is 0 Å². The first-order valence-electron chi connectivity index (χ1n) is 7.90. The molecule has 6 heteroatoms. The van der Waals surface area contributed by atoms with Gasteiger partial charge in [-0.2, -0.15) is 0 Å². The number of hydrogen-bond donors (Lipinski definition) is 1. The van der Waals surface area contributed by atoms with Gasteiger partial charge in [-0.05, 0) is 49.4 Å². The van der Waals surface area contributed by atoms with Crippen LogP contribution in [0.2, 0.25) is 0 Å². The maximum Gasteiger partial charge on any atom is 0.262 e. The molecule has 0 radical (unpaired) electrons. The van der Waals surface area contributed by atoms with E-state index in [-0.39, 0.29) is 12.5 Å². The van der Waals surface area contributed by atoms with Gasteiger partial charge >= 0.3 is 0 Å². The van der Waals surface area contributed by atoms with E-state index in [2.05, 4.69) is 10.3 Å². The summed E-state index contributed by atoms with van der Waals surface area (Å²) < 4.78 is 16.1. The molecule has 1 N–H and O–H groups in total. The fraction of sp³-hybridized carbons (Fsp3) is 0.158. The fourth-order valence-electron chi connectivity index (χ4n) is 2.24. The number of oxazole rings is 1. The van der Waals surface area contributed by atoms with Crippen LogP contribution in [-0.4, -0.2) is 24.1 Å². The number of carbonyl (C=O) groups excluding carboxylic acids is 1. The highest BCUT2D eigenvalue weighted by Gasteiger charge is 2.07. The summed E-state index contributed by atoms with van der Waals surface area (Å²) in [6.07, 6.45) is 3.08. The zero-order chi connectivity index (χ0) is 17.5. The zero-order valence-corrected chi connectivity index (χ0v) is 13.8. The molecular formula is C19H18N2O4. The third kappa shape index (κ3) is 4.60. The first-order chi connectivity index (χ1) is 12.2. The van der Waals surface area contributed by atoms with Crippen LogP contribution in [0.25, 0.3) is 11.5 Å². The van der Waals surface area contributed by atoms with Gasteiger partial charge in [-0.25, -0.2) is 4.98 Å². The van der Waals surface area contributed by atoms with Crippen molar-refractivity contribution in [2.45, 2.75) is 6.92 Å². The highest BCUT2D eigenvalue weighted by atomic mass is 16.5. The van der Waals surface area contributed by atoms with Crippen molar-refractivity contribution in [2.24, 2.45) is 0 Å². The molecular weight excluding hydrogens is 320 g/mol. The van der Waals surface area contributed by atoms with Crippen molar-refractivity contribution in [1.29, 1.82) is 0 Å². The Morgan fingerprint density at radius 3 is 2.56 bits per heavy atom. The van der Waals surface area contributed by atoms with Crippen LogP contribution in [-0.2, 0) is 4.79 Å². The second kappa shape index (κ2) is 8.01. The number of hydrogen-bond acceptors (Lipinski definition) is 5. The minimum Gasteiger partial charge on any atom is -0.494 e. The van der Waals surface area contributed by atoms with Crippen LogP contribution >= 0.6 is 0 Å². The van der Waals surface area contributed by atoms with E-state index in [1.165, 1.54) is 6.26 Å². The largest absolute Gasteiger partial charge is 0.494 e. The van der Waals surface area contributed by atoms with Gasteiger partial charge in [0.05, 0.1) is 12.8 Å². The third-order valence-corrected chi connectivity index (χ3v) is 3.33. The topological polar surface area (TPSA) is 73.6 Å². The van der Waals surface area contributed by atoms with Crippen molar-refractivity contribution in [3.05, 3.63) is 61.0 Å². The molecule has 128 valence electrons. The van der Waals surface area contributed by atoms with Gasteiger partial charge in [0, 0.05) is 11.3 Å². The number of nitrogens with zero attached hydrogens (tertiary/aromatic N) is 1. The van der Waals surface area contributed by atoms with E-state index in [1.807, 2.05) is 19.1 Å². The standard InChI is InChI=1S/C19H18N2O4/c1-2-23-16-6-8-17(9-7-16)25-13-18(22)21-15-5-3-4-14(12-15)19-20-10-11-24-19/h3-12H,2,13H2,1H3,(H,21,22). The van der Waals surface area contributed by atoms with Gasteiger partial charge in [0.25, 0.3) is 5.91 Å². The predicted molar refractivity (Wildman–Crippen MR) is 93.7 cm³/mol. The van der Waals surface area contributed by atoms with Gasteiger partial charge in [-0.3, -0.25) is 4.79 Å². The van der Waals surface area contributed by atoms with E-state index >= 15 is 0 Å². The van der Waals surface area contributed by atoms with Crippen LogP contribution in [0.15, 0.2) is 65.4 Å². The number of amides is 1. The van der Waals surface area contributed by atoms with E-state index in [0.717, 1.165) is 11.3 Å². The Labute approximate surface area is 145 Å². The zero-order valence-electron chi connectivity index (χ0n) is 13.8. The first-order valence-corrected chi connectivity index (χ1v) is 7.90. The fourth-order valence-corrected chi connectivity index (χ4v) is 2.24. The Bertz CT molecular complexity index is 814. The van der Waals surface area contributed by atoms with Gasteiger partial charge in [0.1, 0.15) is 17.8 Å². The van der Waals surface area contributed by atoms with Gasteiger partial charge in [-0.15, -0.1) is 0 Å². The highest BCUT2D eigenvalue weighted by Crippen LogP contribution is 2.21. The van der Waals surface area contributed by atoms with Crippen molar-refractivity contribution < 1.29 is 18.7 Å². The number of nitrogens with one attached hydrogen (secondary N) is 1. The summed E-state index contributed by atoms with van der Waals surface area (Å²) in [7, 11) is 0. The molecule has 0 saturated heterocycles. The van der Waals surface area contributed by atoms with Crippen LogP contribution in [0, 0.1) is 0 Å². The lowest BCUT2D eigenvalue weighted by atomic mass is 10.2. The molecule has 0 spiro atoms. The molecule has 3 aromatic rings. The summed E-state index contributed by atoms with van der Waals surface area (Å²) >= 11 is 0. The minimum absolute atomic E-state index is 0.0861. The average molecular weight is 338 g/mol. The van der Waals surface area contributed by atoms with E-state index in [1.54, 1.807) is 42.6 Å². The van der Waals surface area contributed by atoms with E-state index in [9.17, 15) is 4.79 Å². The Kier molecular flexibility index (Phi) is 5.31. The number of rotatable bonds is 7. The summed E-state index contributed by atoms with van der Waals surface area (Å²) in [5.74, 6) is 1.62. The smallest absolute Gasteiger partial charge is 0.262 e. The van der Waals surface area contributed by atoms with Crippen LogP contribution < -0.4 is 14.8 Å². The molecule has 0 atom stereocenters. The SMILES string of the molecule is CCOc1ccc(OCC(=O)Nc2cccc(-c3ncco3)c2)cc1. The molecule has 0 saturated carbocycles. The quantitative estimate of drug-likeness (QED) is 0.710. The molecule has 1 heterocycles. The lowest BCUT2D eigenvalue weighted by Gasteiger charge is -2.09. The molecule has 25 heavy (non-hydrogen) atoms. The maximum atomic E-state index is 12.1. The van der Waals surface area contributed by atoms with E-state index < -0.39 is 0 Å². The van der Waals surface area contributed by atoms with Crippen LogP contribution in [0.1, 0.15) is 6.92 Å². The Hall–Kier alpha value is -3.28. The molecule has 0 aliphatic carbocycles. The second-order valence-corrected chi connectivity index (χ2v) is 5.16. The number of ether oxygens (including phenoxy) is 2. The molecule has 0 aliphatic rings. The summed E-state index contributed by atoms with van der Waals surface area (Å²) in [5, 5.41) is 2.79. The van der Waals surface area contributed by atoms with Crippen LogP contribution in [0.5, 0.6) is 11.5 Å². The highest BCUT2D eigenvalue weighted by molar-refractivity contribution is 5.92. The minimum atomic E-state index is -0.251. The van der Waals surface area contributed by atoms with E-state index in [0.29, 0.717) is 23.9 Å². The molecule has 3 rings (SSSR count). The molecule has 1 amide bonds. The normalized spacial score (nSPS) is 10.3. The summed E-state index contributed by atoms with van der Waals surface area (Å²) in [4.78, 5) is 16.1. The summed E-state index contributed by atoms with van der Waals surface area (Å²) in [6.45, 7) is 2.44. The lowest BCUT2D eigenvalue weighted by Crippen LogP contribution is -2.20. The second-order valence-electron chi connectivity index (χ2n) is 5.16. The monoisotopic (exact) mass is 338 g/mol. The molecule has 0 unspecified atom stereocenters. The molecule has 2 aromatic carbocycles. The third-order valence-electron chi connectivity index (χ3n) is 3.33. The van der Waals surface area contributed by atoms with Crippen molar-refractivity contribution in [3.8, 4) is 23.0 Å². The average Bonchev–Trinajstić information content (AvgIpc) is 3.16. The maximum absolute atomic E-state index is 12.1. The Morgan fingerprint density at radius 2 is 1.88 bits per heavy atom. The summed E-state index contributed by atoms with van der Waals surface area (Å²) in [5.41, 5.74) is 1.44. The summed E-state index contributed by atoms with van der Waals surface area (Å²) in [6, 6.07) is 14.4. The number of anilines is 1. The van der Waals surface area contributed by atoms with E-state index in [4.69, 9.17) is 13.9 Å². The number of carbonyl (C=O) groups is 1. The lowest BCUT2D eigenvalue weighted by molar-refractivity contribution is -0.118. The first kappa shape index (κ1) is 16.6. The van der Waals surface area contributed by atoms with Crippen molar-refractivity contribution in [2.75, 3.05) is 18.5 Å². The van der Waals surface area contributed by atoms with Crippen LogP contribution in [0.4, 0.5) is 5.69 Å². The van der Waals surface area contributed by atoms with Gasteiger partial charge in [0.15, 0.2) is 6.61 Å². The van der Waals surface area contributed by atoms with Crippen molar-refractivity contribution in [1.82, 2.24) is 4.98 Å². The van der Waals surface area contributed by atoms with Crippen molar-refractivity contribution >= 4 is 11.6 Å². The molecule has 0 bridgehead atoms. The molecule has 6 nitrogen and oxygen atoms in total. The van der Waals surface area contributed by atoms with Gasteiger partial charge in [-0.1, -0.05) is 6.07 Å². The molecule has 0 fully saturated rings. The van der Waals surface area contributed by atoms with Gasteiger partial charge < -0.3 is 19.2 Å². The Balaban J connectivity index is 1.55. The van der Waals surface area contributed by atoms with Crippen molar-refractivity contribution in [3.63, 3.8) is 0 Å². The predicted octanol–water partition coefficient (Wildman–Crippen LogP) is 3.76. The van der Waals surface area contributed by atoms with Gasteiger partial charge in [0.2, 0.25) is 5.89 Å². The Morgan fingerprint density at radius 1 is 1.12 bits per heavy atom. The molecule has 0 aliphatic heterocycles. The number of benzene rings is 2. The molecule has 1 aromatic heterocycles.